The number of hydrogen-bond donors (Lipinski definition) is 1. The van der Waals surface area contributed by atoms with Crippen molar-refractivity contribution < 1.29 is 9.53 Å². The Labute approximate surface area is 113 Å². The number of aryl methyl sites for hydroxylation is 1. The molecular formula is C13H20N4O2. The maximum absolute atomic E-state index is 11.8. The van der Waals surface area contributed by atoms with Crippen LogP contribution in [0.4, 0.5) is 4.79 Å². The number of amides is 2. The van der Waals surface area contributed by atoms with E-state index >= 15 is 0 Å². The van der Waals surface area contributed by atoms with Crippen LogP contribution in [0.25, 0.3) is 0 Å². The number of hydrogen-bond acceptors (Lipinski definition) is 4. The molecule has 2 rings (SSSR count). The molecule has 0 aromatic carbocycles. The van der Waals surface area contributed by atoms with Gasteiger partial charge in [0.25, 0.3) is 0 Å². The Kier molecular flexibility index (Phi) is 4.54. The van der Waals surface area contributed by atoms with E-state index < -0.39 is 0 Å². The third kappa shape index (κ3) is 3.81. The van der Waals surface area contributed by atoms with E-state index in [-0.39, 0.29) is 12.1 Å². The zero-order valence-corrected chi connectivity index (χ0v) is 11.4. The van der Waals surface area contributed by atoms with E-state index in [4.69, 9.17) is 4.74 Å². The third-order valence-electron chi connectivity index (χ3n) is 3.02. The summed E-state index contributed by atoms with van der Waals surface area (Å²) in [6.45, 7) is 5.95. The molecule has 1 atom stereocenters. The fraction of sp³-hybridized carbons (Fsp3) is 0.615. The highest BCUT2D eigenvalue weighted by molar-refractivity contribution is 5.74. The van der Waals surface area contributed by atoms with Gasteiger partial charge in [-0.15, -0.1) is 5.10 Å². The molecule has 0 aliphatic carbocycles. The molecule has 0 saturated carbocycles. The van der Waals surface area contributed by atoms with Crippen molar-refractivity contribution in [3.63, 3.8) is 0 Å². The van der Waals surface area contributed by atoms with Crippen molar-refractivity contribution in [1.29, 1.82) is 0 Å². The van der Waals surface area contributed by atoms with E-state index in [9.17, 15) is 4.79 Å². The number of aromatic nitrogens is 2. The van der Waals surface area contributed by atoms with Gasteiger partial charge in [-0.3, -0.25) is 0 Å². The summed E-state index contributed by atoms with van der Waals surface area (Å²) in [6, 6.07) is 3.66. The molecule has 1 unspecified atom stereocenters. The maximum Gasteiger partial charge on any atom is 0.317 e. The molecule has 0 bridgehead atoms. The maximum atomic E-state index is 11.8. The minimum atomic E-state index is -0.0112. The number of likely N-dealkylation sites (tertiary alicyclic amines) is 1. The zero-order chi connectivity index (χ0) is 13.7. The van der Waals surface area contributed by atoms with Gasteiger partial charge in [0.05, 0.1) is 12.2 Å². The van der Waals surface area contributed by atoms with Gasteiger partial charge in [-0.1, -0.05) is 6.92 Å². The Bertz CT molecular complexity index is 421. The lowest BCUT2D eigenvalue weighted by Crippen LogP contribution is -2.39. The Balaban J connectivity index is 1.81. The molecule has 2 amide bonds. The topological polar surface area (TPSA) is 67.4 Å². The first-order chi connectivity index (χ1) is 9.19. The first-order valence-electron chi connectivity index (χ1n) is 6.69. The first kappa shape index (κ1) is 13.6. The Morgan fingerprint density at radius 2 is 2.37 bits per heavy atom. The fourth-order valence-corrected chi connectivity index (χ4v) is 1.97. The summed E-state index contributed by atoms with van der Waals surface area (Å²) in [5, 5.41) is 10.8. The lowest BCUT2D eigenvalue weighted by atomic mass is 10.3. The molecule has 6 heteroatoms. The van der Waals surface area contributed by atoms with Crippen LogP contribution in [0, 0.1) is 6.92 Å². The SMILES string of the molecule is CCCNC(=O)N1CCC(Oc2ccc(C)nn2)C1. The molecule has 2 heterocycles. The molecule has 1 aromatic heterocycles. The summed E-state index contributed by atoms with van der Waals surface area (Å²) in [5.41, 5.74) is 0.861. The van der Waals surface area contributed by atoms with Crippen molar-refractivity contribution in [3.8, 4) is 5.88 Å². The third-order valence-corrected chi connectivity index (χ3v) is 3.02. The largest absolute Gasteiger partial charge is 0.471 e. The van der Waals surface area contributed by atoms with Gasteiger partial charge in [0.1, 0.15) is 6.10 Å². The molecule has 1 aliphatic rings. The van der Waals surface area contributed by atoms with E-state index in [1.165, 1.54) is 0 Å². The summed E-state index contributed by atoms with van der Waals surface area (Å²) < 4.78 is 5.72. The van der Waals surface area contributed by atoms with Gasteiger partial charge in [0.15, 0.2) is 0 Å². The highest BCUT2D eigenvalue weighted by atomic mass is 16.5. The van der Waals surface area contributed by atoms with E-state index in [1.807, 2.05) is 26.0 Å². The second kappa shape index (κ2) is 6.36. The lowest BCUT2D eigenvalue weighted by molar-refractivity contribution is 0.182. The Morgan fingerprint density at radius 1 is 1.53 bits per heavy atom. The highest BCUT2D eigenvalue weighted by Gasteiger charge is 2.27. The quantitative estimate of drug-likeness (QED) is 0.891. The van der Waals surface area contributed by atoms with Crippen LogP contribution < -0.4 is 10.1 Å². The molecule has 104 valence electrons. The van der Waals surface area contributed by atoms with Gasteiger partial charge in [-0.2, -0.15) is 5.10 Å². The molecule has 1 N–H and O–H groups in total. The average Bonchev–Trinajstić information content (AvgIpc) is 2.87. The predicted molar refractivity (Wildman–Crippen MR) is 71.1 cm³/mol. The normalized spacial score (nSPS) is 18.4. The Morgan fingerprint density at radius 3 is 3.05 bits per heavy atom. The van der Waals surface area contributed by atoms with Gasteiger partial charge in [-0.25, -0.2) is 4.79 Å². The van der Waals surface area contributed by atoms with Crippen LogP contribution in [-0.2, 0) is 0 Å². The van der Waals surface area contributed by atoms with E-state index in [1.54, 1.807) is 4.90 Å². The van der Waals surface area contributed by atoms with Crippen molar-refractivity contribution in [2.45, 2.75) is 32.8 Å². The number of urea groups is 1. The summed E-state index contributed by atoms with van der Waals surface area (Å²) in [7, 11) is 0. The van der Waals surface area contributed by atoms with Crippen LogP contribution in [0.2, 0.25) is 0 Å². The molecule has 1 aromatic rings. The first-order valence-corrected chi connectivity index (χ1v) is 6.69. The van der Waals surface area contributed by atoms with Crippen molar-refractivity contribution in [1.82, 2.24) is 20.4 Å². The number of nitrogens with zero attached hydrogens (tertiary/aromatic N) is 3. The van der Waals surface area contributed by atoms with Crippen LogP contribution in [0.15, 0.2) is 12.1 Å². The average molecular weight is 264 g/mol. The molecule has 19 heavy (non-hydrogen) atoms. The molecule has 1 fully saturated rings. The zero-order valence-electron chi connectivity index (χ0n) is 11.4. The van der Waals surface area contributed by atoms with Gasteiger partial charge in [-0.05, 0) is 19.4 Å². The molecule has 1 saturated heterocycles. The smallest absolute Gasteiger partial charge is 0.317 e. The lowest BCUT2D eigenvalue weighted by Gasteiger charge is -2.17. The monoisotopic (exact) mass is 264 g/mol. The van der Waals surface area contributed by atoms with E-state index in [0.29, 0.717) is 19.0 Å². The minimum absolute atomic E-state index is 0.00406. The van der Waals surface area contributed by atoms with Crippen LogP contribution in [0.5, 0.6) is 5.88 Å². The van der Waals surface area contributed by atoms with Crippen LogP contribution in [0.1, 0.15) is 25.5 Å². The van der Waals surface area contributed by atoms with Crippen LogP contribution >= 0.6 is 0 Å². The van der Waals surface area contributed by atoms with Crippen molar-refractivity contribution >= 4 is 6.03 Å². The van der Waals surface area contributed by atoms with E-state index in [2.05, 4.69) is 15.5 Å². The van der Waals surface area contributed by atoms with E-state index in [0.717, 1.165) is 25.1 Å². The molecule has 0 radical (unpaired) electrons. The van der Waals surface area contributed by atoms with Crippen molar-refractivity contribution in [2.75, 3.05) is 19.6 Å². The van der Waals surface area contributed by atoms with Crippen LogP contribution in [0.3, 0.4) is 0 Å². The summed E-state index contributed by atoms with van der Waals surface area (Å²) in [6.07, 6.45) is 1.78. The highest BCUT2D eigenvalue weighted by Crippen LogP contribution is 2.16. The van der Waals surface area contributed by atoms with Gasteiger partial charge >= 0.3 is 6.03 Å². The number of carbonyl (C=O) groups excluding carboxylic acids is 1. The summed E-state index contributed by atoms with van der Waals surface area (Å²) in [4.78, 5) is 13.6. The predicted octanol–water partition coefficient (Wildman–Crippen LogP) is 1.36. The molecule has 0 spiro atoms. The Hall–Kier alpha value is -1.85. The number of carbonyl (C=O) groups is 1. The minimum Gasteiger partial charge on any atom is -0.471 e. The van der Waals surface area contributed by atoms with Gasteiger partial charge in [0.2, 0.25) is 5.88 Å². The molecule has 6 nitrogen and oxygen atoms in total. The van der Waals surface area contributed by atoms with Crippen molar-refractivity contribution in [2.24, 2.45) is 0 Å². The van der Waals surface area contributed by atoms with Crippen molar-refractivity contribution in [3.05, 3.63) is 17.8 Å². The molecular weight excluding hydrogens is 244 g/mol. The number of ether oxygens (including phenoxy) is 1. The standard InChI is InChI=1S/C13H20N4O2/c1-3-7-14-13(18)17-8-6-11(9-17)19-12-5-4-10(2)15-16-12/h4-5,11H,3,6-9H2,1-2H3,(H,14,18). The summed E-state index contributed by atoms with van der Waals surface area (Å²) in [5.74, 6) is 0.520. The van der Waals surface area contributed by atoms with Crippen LogP contribution in [-0.4, -0.2) is 46.9 Å². The fourth-order valence-electron chi connectivity index (χ4n) is 1.97. The number of nitrogens with one attached hydrogen (secondary N) is 1. The second-order valence-corrected chi connectivity index (χ2v) is 4.72. The number of rotatable bonds is 4. The second-order valence-electron chi connectivity index (χ2n) is 4.72. The molecule has 1 aliphatic heterocycles. The van der Waals surface area contributed by atoms with Gasteiger partial charge in [0, 0.05) is 25.6 Å². The van der Waals surface area contributed by atoms with Gasteiger partial charge < -0.3 is 15.0 Å². The summed E-state index contributed by atoms with van der Waals surface area (Å²) >= 11 is 0.